The summed E-state index contributed by atoms with van der Waals surface area (Å²) in [5, 5.41) is 0. The summed E-state index contributed by atoms with van der Waals surface area (Å²) in [4.78, 5) is 48.7. The number of piperazine rings is 1. The Labute approximate surface area is 254 Å². The molecule has 1 unspecified atom stereocenters. The molecule has 43 heavy (non-hydrogen) atoms. The first-order chi connectivity index (χ1) is 20.5. The molecular formula is C33H43N5O5. The fourth-order valence-corrected chi connectivity index (χ4v) is 5.00. The van der Waals surface area contributed by atoms with E-state index in [9.17, 15) is 14.4 Å². The zero-order chi connectivity index (χ0) is 31.1. The van der Waals surface area contributed by atoms with E-state index in [0.717, 1.165) is 37.4 Å². The predicted molar refractivity (Wildman–Crippen MR) is 167 cm³/mol. The van der Waals surface area contributed by atoms with Gasteiger partial charge in [0.2, 0.25) is 11.8 Å². The summed E-state index contributed by atoms with van der Waals surface area (Å²) >= 11 is 0. The molecule has 0 saturated carbocycles. The van der Waals surface area contributed by atoms with Gasteiger partial charge in [-0.25, -0.2) is 0 Å². The minimum Gasteiger partial charge on any atom is -0.494 e. The number of carbonyl (C=O) groups is 3. The fourth-order valence-electron chi connectivity index (χ4n) is 5.00. The van der Waals surface area contributed by atoms with Gasteiger partial charge < -0.3 is 33.7 Å². The number of nitrogens with zero attached hydrogens (tertiary/aromatic N) is 5. The van der Waals surface area contributed by atoms with Crippen LogP contribution in [0.25, 0.3) is 11.3 Å². The van der Waals surface area contributed by atoms with Crippen molar-refractivity contribution in [2.45, 2.75) is 19.4 Å². The molecule has 3 amide bonds. The molecule has 0 spiro atoms. The molecule has 10 heteroatoms. The first-order valence-corrected chi connectivity index (χ1v) is 14.6. The van der Waals surface area contributed by atoms with E-state index in [1.165, 1.54) is 11.8 Å². The van der Waals surface area contributed by atoms with Gasteiger partial charge in [-0.3, -0.25) is 14.4 Å². The second-order valence-corrected chi connectivity index (χ2v) is 11.3. The van der Waals surface area contributed by atoms with Gasteiger partial charge in [-0.05, 0) is 69.5 Å². The Kier molecular flexibility index (Phi) is 10.6. The van der Waals surface area contributed by atoms with Gasteiger partial charge in [0.1, 0.15) is 17.6 Å². The Morgan fingerprint density at radius 3 is 2.28 bits per heavy atom. The highest BCUT2D eigenvalue weighted by molar-refractivity contribution is 5.96. The molecular weight excluding hydrogens is 546 g/mol. The van der Waals surface area contributed by atoms with E-state index < -0.39 is 11.9 Å². The van der Waals surface area contributed by atoms with Crippen molar-refractivity contribution in [1.82, 2.24) is 19.6 Å². The highest BCUT2D eigenvalue weighted by atomic mass is 16.5. The minimum atomic E-state index is -0.834. The maximum Gasteiger partial charge on any atom is 0.290 e. The number of carbonyl (C=O) groups excluding carboxylic acids is 3. The predicted octanol–water partition coefficient (Wildman–Crippen LogP) is 3.85. The number of hydrogen-bond donors (Lipinski definition) is 0. The highest BCUT2D eigenvalue weighted by Gasteiger charge is 2.34. The maximum atomic E-state index is 13.9. The van der Waals surface area contributed by atoms with Crippen molar-refractivity contribution in [2.24, 2.45) is 0 Å². The Bertz CT molecular complexity index is 1390. The molecule has 10 nitrogen and oxygen atoms in total. The number of benzene rings is 2. The van der Waals surface area contributed by atoms with Gasteiger partial charge in [0.05, 0.1) is 6.61 Å². The van der Waals surface area contributed by atoms with Crippen LogP contribution in [0.4, 0.5) is 5.69 Å². The smallest absolute Gasteiger partial charge is 0.290 e. The molecule has 1 fully saturated rings. The van der Waals surface area contributed by atoms with E-state index >= 15 is 0 Å². The zero-order valence-electron chi connectivity index (χ0n) is 26.1. The normalized spacial score (nSPS) is 14.4. The number of rotatable bonds is 11. The summed E-state index contributed by atoms with van der Waals surface area (Å²) in [5.41, 5.74) is 2.15. The van der Waals surface area contributed by atoms with Gasteiger partial charge in [0.15, 0.2) is 5.76 Å². The van der Waals surface area contributed by atoms with Crippen LogP contribution < -0.4 is 9.64 Å². The summed E-state index contributed by atoms with van der Waals surface area (Å²) in [5.74, 6) is 0.716. The van der Waals surface area contributed by atoms with Crippen molar-refractivity contribution in [3.63, 3.8) is 0 Å². The van der Waals surface area contributed by atoms with Crippen LogP contribution in [0.5, 0.6) is 5.75 Å². The summed E-state index contributed by atoms with van der Waals surface area (Å²) in [6, 6.07) is 17.3. The quantitative estimate of drug-likeness (QED) is 0.314. The molecule has 0 bridgehead atoms. The van der Waals surface area contributed by atoms with Crippen LogP contribution in [-0.2, 0) is 9.59 Å². The van der Waals surface area contributed by atoms with Crippen LogP contribution in [0.3, 0.4) is 0 Å². The SMILES string of the molecule is CC(=O)N(C)c1cccc(-c2ccc(C(=O)N(C)C(C(=O)N3CCN(C)CC3)c3ccc(OCCCN(C)C)cc3)o2)c1. The molecule has 0 aliphatic carbocycles. The molecule has 4 rings (SSSR count). The molecule has 1 saturated heterocycles. The Morgan fingerprint density at radius 1 is 0.930 bits per heavy atom. The summed E-state index contributed by atoms with van der Waals surface area (Å²) in [7, 11) is 9.43. The maximum absolute atomic E-state index is 13.9. The number of anilines is 1. The number of hydrogen-bond acceptors (Lipinski definition) is 7. The Balaban J connectivity index is 1.56. The second kappa shape index (κ2) is 14.3. The van der Waals surface area contributed by atoms with Crippen molar-refractivity contribution in [1.29, 1.82) is 0 Å². The highest BCUT2D eigenvalue weighted by Crippen LogP contribution is 2.30. The topological polar surface area (TPSA) is 89.8 Å². The first-order valence-electron chi connectivity index (χ1n) is 14.6. The fraction of sp³-hybridized carbons (Fsp3) is 0.424. The van der Waals surface area contributed by atoms with Gasteiger partial charge in [-0.15, -0.1) is 0 Å². The van der Waals surface area contributed by atoms with Crippen LogP contribution in [0, 0.1) is 0 Å². The number of ether oxygens (including phenoxy) is 1. The van der Waals surface area contributed by atoms with E-state index in [4.69, 9.17) is 9.15 Å². The third-order valence-corrected chi connectivity index (χ3v) is 7.78. The molecule has 1 aliphatic rings. The monoisotopic (exact) mass is 589 g/mol. The van der Waals surface area contributed by atoms with Crippen molar-refractivity contribution >= 4 is 23.4 Å². The minimum absolute atomic E-state index is 0.0888. The van der Waals surface area contributed by atoms with Crippen molar-refractivity contribution in [2.75, 3.05) is 79.5 Å². The van der Waals surface area contributed by atoms with Gasteiger partial charge in [0, 0.05) is 65.0 Å². The van der Waals surface area contributed by atoms with Crippen LogP contribution >= 0.6 is 0 Å². The van der Waals surface area contributed by atoms with Crippen molar-refractivity contribution in [3.05, 3.63) is 72.0 Å². The second-order valence-electron chi connectivity index (χ2n) is 11.3. The van der Waals surface area contributed by atoms with E-state index in [-0.39, 0.29) is 17.6 Å². The number of amides is 3. The van der Waals surface area contributed by atoms with Gasteiger partial charge in [0.25, 0.3) is 5.91 Å². The third kappa shape index (κ3) is 8.03. The van der Waals surface area contributed by atoms with Crippen molar-refractivity contribution < 1.29 is 23.5 Å². The lowest BCUT2D eigenvalue weighted by atomic mass is 10.0. The van der Waals surface area contributed by atoms with Crippen LogP contribution in [0.2, 0.25) is 0 Å². The Hall–Kier alpha value is -4.15. The van der Waals surface area contributed by atoms with Crippen molar-refractivity contribution in [3.8, 4) is 17.1 Å². The zero-order valence-corrected chi connectivity index (χ0v) is 26.1. The lowest BCUT2D eigenvalue weighted by molar-refractivity contribution is -0.137. The average molecular weight is 590 g/mol. The Morgan fingerprint density at radius 2 is 1.63 bits per heavy atom. The molecule has 1 aliphatic heterocycles. The molecule has 230 valence electrons. The summed E-state index contributed by atoms with van der Waals surface area (Å²) < 4.78 is 11.9. The van der Waals surface area contributed by atoms with Crippen LogP contribution in [0.1, 0.15) is 35.5 Å². The molecule has 1 atom stereocenters. The lowest BCUT2D eigenvalue weighted by Gasteiger charge is -2.37. The van der Waals surface area contributed by atoms with Gasteiger partial charge in [-0.2, -0.15) is 0 Å². The van der Waals surface area contributed by atoms with Crippen LogP contribution in [0.15, 0.2) is 65.1 Å². The van der Waals surface area contributed by atoms with Gasteiger partial charge in [-0.1, -0.05) is 24.3 Å². The largest absolute Gasteiger partial charge is 0.494 e. The van der Waals surface area contributed by atoms with Gasteiger partial charge >= 0.3 is 0 Å². The lowest BCUT2D eigenvalue weighted by Crippen LogP contribution is -2.51. The standard InChI is InChI=1S/C33H43N5O5/c1-24(39)36(5)27-10-7-9-26(23-27)29-15-16-30(43-29)32(40)37(6)31(33(41)38-20-18-35(4)19-21-38)25-11-13-28(14-12-25)42-22-8-17-34(2)3/h7,9-16,23,31H,8,17-22H2,1-6H3. The molecule has 3 aromatic rings. The van der Waals surface area contributed by atoms with Crippen LogP contribution in [-0.4, -0.2) is 112 Å². The molecule has 2 heterocycles. The summed E-state index contributed by atoms with van der Waals surface area (Å²) in [6.07, 6.45) is 0.902. The van der Waals surface area contributed by atoms with E-state index in [1.54, 1.807) is 31.1 Å². The molecule has 0 N–H and O–H groups in total. The van der Waals surface area contributed by atoms with E-state index in [1.807, 2.05) is 74.6 Å². The third-order valence-electron chi connectivity index (χ3n) is 7.78. The number of likely N-dealkylation sites (N-methyl/N-ethyl adjacent to an activating group) is 2. The molecule has 0 radical (unpaired) electrons. The number of furan rings is 1. The molecule has 2 aromatic carbocycles. The van der Waals surface area contributed by atoms with E-state index in [2.05, 4.69) is 9.80 Å². The average Bonchev–Trinajstić information content (AvgIpc) is 3.50. The summed E-state index contributed by atoms with van der Waals surface area (Å²) in [6.45, 7) is 5.76. The van der Waals surface area contributed by atoms with E-state index in [0.29, 0.717) is 36.7 Å². The molecule has 1 aromatic heterocycles. The first kappa shape index (κ1) is 31.8.